The van der Waals surface area contributed by atoms with Crippen LogP contribution in [0.3, 0.4) is 0 Å². The lowest BCUT2D eigenvalue weighted by Crippen LogP contribution is -2.43. The average Bonchev–Trinajstić information content (AvgIpc) is 3.31. The fourth-order valence-corrected chi connectivity index (χ4v) is 5.01. The third kappa shape index (κ3) is 2.00. The molecule has 27 heavy (non-hydrogen) atoms. The minimum atomic E-state index is -0.543. The quantitative estimate of drug-likeness (QED) is 0.653. The third-order valence-corrected chi connectivity index (χ3v) is 6.39. The fourth-order valence-electron chi connectivity index (χ4n) is 4.14. The summed E-state index contributed by atoms with van der Waals surface area (Å²) in [7, 11) is 3.07. The van der Waals surface area contributed by atoms with Crippen LogP contribution in [0, 0.1) is 5.92 Å². The molecule has 0 fully saturated rings. The zero-order chi connectivity index (χ0) is 18.9. The summed E-state index contributed by atoms with van der Waals surface area (Å²) < 4.78 is 2.48. The molecule has 0 unspecified atom stereocenters. The van der Waals surface area contributed by atoms with Crippen molar-refractivity contribution in [2.75, 3.05) is 0 Å². The number of rotatable bonds is 1. The van der Waals surface area contributed by atoms with E-state index in [0.717, 1.165) is 15.0 Å². The van der Waals surface area contributed by atoms with Gasteiger partial charge in [-0.3, -0.25) is 18.7 Å². The first-order valence-corrected chi connectivity index (χ1v) is 9.44. The number of benzene rings is 1. The SMILES string of the molecule is Cn1c2c(c(=O)n(C)c1=O)[C@@H](c1cccs1)[C@H]1C(=O)c3ccccc3C1=N2. The normalized spacial score (nSPS) is 20.1. The van der Waals surface area contributed by atoms with Gasteiger partial charge in [-0.05, 0) is 11.4 Å². The molecule has 1 aliphatic carbocycles. The summed E-state index contributed by atoms with van der Waals surface area (Å²) >= 11 is 1.50. The molecule has 1 aromatic carbocycles. The molecule has 2 atom stereocenters. The van der Waals surface area contributed by atoms with Crippen molar-refractivity contribution in [1.29, 1.82) is 0 Å². The number of aromatic nitrogens is 2. The highest BCUT2D eigenvalue weighted by Gasteiger charge is 2.48. The molecule has 3 aromatic rings. The maximum atomic E-state index is 13.2. The molecule has 2 aromatic heterocycles. The number of Topliss-reactive ketones (excluding diaryl/α,β-unsaturated/α-hetero) is 1. The van der Waals surface area contributed by atoms with Gasteiger partial charge in [-0.1, -0.05) is 30.3 Å². The summed E-state index contributed by atoms with van der Waals surface area (Å²) in [5.41, 5.74) is 1.65. The summed E-state index contributed by atoms with van der Waals surface area (Å²) in [5.74, 6) is -0.668. The lowest BCUT2D eigenvalue weighted by atomic mass is 9.80. The molecule has 0 amide bonds. The van der Waals surface area contributed by atoms with Crippen LogP contribution in [0.1, 0.15) is 32.3 Å². The molecule has 0 radical (unpaired) electrons. The van der Waals surface area contributed by atoms with Gasteiger partial charge in [-0.15, -0.1) is 11.3 Å². The molecule has 7 heteroatoms. The fraction of sp³-hybridized carbons (Fsp3) is 0.200. The molecule has 0 saturated heterocycles. The molecule has 3 heterocycles. The second kappa shape index (κ2) is 5.47. The lowest BCUT2D eigenvalue weighted by molar-refractivity contribution is 0.0953. The number of fused-ring (bicyclic) bond motifs is 4. The van der Waals surface area contributed by atoms with E-state index in [1.807, 2.05) is 35.7 Å². The van der Waals surface area contributed by atoms with E-state index in [-0.39, 0.29) is 5.78 Å². The maximum Gasteiger partial charge on any atom is 0.332 e. The summed E-state index contributed by atoms with van der Waals surface area (Å²) in [5, 5.41) is 1.93. The van der Waals surface area contributed by atoms with E-state index in [4.69, 9.17) is 0 Å². The molecule has 1 aliphatic heterocycles. The molecule has 0 N–H and O–H groups in total. The minimum absolute atomic E-state index is 0.0238. The number of aliphatic imine (C=N–C) groups is 1. The highest BCUT2D eigenvalue weighted by Crippen LogP contribution is 2.47. The van der Waals surface area contributed by atoms with Gasteiger partial charge >= 0.3 is 5.69 Å². The Labute approximate surface area is 158 Å². The molecule has 0 spiro atoms. The van der Waals surface area contributed by atoms with Crippen molar-refractivity contribution in [2.24, 2.45) is 25.0 Å². The van der Waals surface area contributed by atoms with Crippen molar-refractivity contribution in [2.45, 2.75) is 5.92 Å². The van der Waals surface area contributed by atoms with Gasteiger partial charge in [0.05, 0.1) is 17.2 Å². The zero-order valence-electron chi connectivity index (χ0n) is 14.7. The van der Waals surface area contributed by atoms with Crippen LogP contribution in [0.4, 0.5) is 5.82 Å². The molecular formula is C20H15N3O3S. The topological polar surface area (TPSA) is 73.4 Å². The Hall–Kier alpha value is -3.06. The van der Waals surface area contributed by atoms with E-state index < -0.39 is 23.1 Å². The number of carbonyl (C=O) groups excluding carboxylic acids is 1. The number of thiophene rings is 1. The van der Waals surface area contributed by atoms with Crippen molar-refractivity contribution < 1.29 is 4.79 Å². The number of nitrogens with zero attached hydrogens (tertiary/aromatic N) is 3. The van der Waals surface area contributed by atoms with Gasteiger partial charge < -0.3 is 0 Å². The van der Waals surface area contributed by atoms with Crippen molar-refractivity contribution in [3.63, 3.8) is 0 Å². The Bertz CT molecular complexity index is 1260. The van der Waals surface area contributed by atoms with E-state index in [9.17, 15) is 14.4 Å². The summed E-state index contributed by atoms with van der Waals surface area (Å²) in [6.45, 7) is 0. The molecule has 0 bridgehead atoms. The minimum Gasteiger partial charge on any atom is -0.293 e. The Kier molecular flexibility index (Phi) is 3.27. The van der Waals surface area contributed by atoms with E-state index in [1.54, 1.807) is 13.1 Å². The predicted octanol–water partition coefficient (Wildman–Crippen LogP) is 2.22. The smallest absolute Gasteiger partial charge is 0.293 e. The molecule has 0 saturated carbocycles. The average molecular weight is 377 g/mol. The number of ketones is 1. The van der Waals surface area contributed by atoms with Gasteiger partial charge in [-0.25, -0.2) is 9.79 Å². The van der Waals surface area contributed by atoms with Crippen LogP contribution in [-0.2, 0) is 14.1 Å². The van der Waals surface area contributed by atoms with E-state index in [0.29, 0.717) is 22.7 Å². The van der Waals surface area contributed by atoms with E-state index in [2.05, 4.69) is 4.99 Å². The van der Waals surface area contributed by atoms with Gasteiger partial charge in [0, 0.05) is 36.0 Å². The molecule has 6 nitrogen and oxygen atoms in total. The number of hydrogen-bond acceptors (Lipinski definition) is 5. The first-order chi connectivity index (χ1) is 13.0. The standard InChI is InChI=1S/C20H15N3O3S/c1-22-18-15(19(25)23(2)20(22)26)13(12-8-5-9-27-12)14-16(21-18)10-6-3-4-7-11(10)17(14)24/h3-9,13-14H,1-2H3/t13-,14+/m0/s1. The second-order valence-corrected chi connectivity index (χ2v) is 7.80. The van der Waals surface area contributed by atoms with Crippen LogP contribution in [0.25, 0.3) is 0 Å². The van der Waals surface area contributed by atoms with E-state index in [1.165, 1.54) is 23.0 Å². The first-order valence-electron chi connectivity index (χ1n) is 8.56. The Balaban J connectivity index is 1.93. The van der Waals surface area contributed by atoms with Crippen molar-refractivity contribution >= 4 is 28.6 Å². The molecule has 2 aliphatic rings. The molecular weight excluding hydrogens is 362 g/mol. The first kappa shape index (κ1) is 16.1. The highest BCUT2D eigenvalue weighted by atomic mass is 32.1. The van der Waals surface area contributed by atoms with E-state index >= 15 is 0 Å². The van der Waals surface area contributed by atoms with Crippen LogP contribution >= 0.6 is 11.3 Å². The maximum absolute atomic E-state index is 13.2. The second-order valence-electron chi connectivity index (χ2n) is 6.82. The number of hydrogen-bond donors (Lipinski definition) is 0. The Morgan fingerprint density at radius 2 is 1.67 bits per heavy atom. The van der Waals surface area contributed by atoms with Crippen molar-refractivity contribution in [3.8, 4) is 0 Å². The van der Waals surface area contributed by atoms with Gasteiger partial charge in [0.15, 0.2) is 5.78 Å². The van der Waals surface area contributed by atoms with Crippen LogP contribution < -0.4 is 11.2 Å². The molecule has 134 valence electrons. The van der Waals surface area contributed by atoms with Crippen molar-refractivity contribution in [1.82, 2.24) is 9.13 Å². The number of carbonyl (C=O) groups is 1. The Morgan fingerprint density at radius 1 is 0.926 bits per heavy atom. The zero-order valence-corrected chi connectivity index (χ0v) is 15.5. The largest absolute Gasteiger partial charge is 0.332 e. The van der Waals surface area contributed by atoms with Crippen LogP contribution in [-0.4, -0.2) is 20.6 Å². The van der Waals surface area contributed by atoms with Crippen LogP contribution in [0.15, 0.2) is 56.4 Å². The van der Waals surface area contributed by atoms with Gasteiger partial charge in [0.1, 0.15) is 5.82 Å². The summed E-state index contributed by atoms with van der Waals surface area (Å²) in [4.78, 5) is 44.3. The third-order valence-electron chi connectivity index (χ3n) is 5.43. The highest BCUT2D eigenvalue weighted by molar-refractivity contribution is 7.10. The Morgan fingerprint density at radius 3 is 2.37 bits per heavy atom. The summed E-state index contributed by atoms with van der Waals surface area (Å²) in [6, 6.07) is 11.2. The van der Waals surface area contributed by atoms with Crippen molar-refractivity contribution in [3.05, 3.63) is 84.2 Å². The summed E-state index contributed by atoms with van der Waals surface area (Å²) in [6.07, 6.45) is 0. The van der Waals surface area contributed by atoms with Gasteiger partial charge in [0.25, 0.3) is 5.56 Å². The predicted molar refractivity (Wildman–Crippen MR) is 104 cm³/mol. The monoisotopic (exact) mass is 377 g/mol. The molecule has 5 rings (SSSR count). The van der Waals surface area contributed by atoms with Gasteiger partial charge in [-0.2, -0.15) is 0 Å². The lowest BCUT2D eigenvalue weighted by Gasteiger charge is -2.28. The van der Waals surface area contributed by atoms with Crippen LogP contribution in [0.2, 0.25) is 0 Å². The van der Waals surface area contributed by atoms with Crippen LogP contribution in [0.5, 0.6) is 0 Å². The van der Waals surface area contributed by atoms with Gasteiger partial charge in [0.2, 0.25) is 0 Å².